The third-order valence-electron chi connectivity index (χ3n) is 1.16. The molecule has 0 rings (SSSR count). The lowest BCUT2D eigenvalue weighted by atomic mass is 10.2. The first kappa shape index (κ1) is 12.8. The van der Waals surface area contributed by atoms with Gasteiger partial charge in [0.15, 0.2) is 0 Å². The smallest absolute Gasteiger partial charge is 0.240 e. The van der Waals surface area contributed by atoms with Crippen LogP contribution in [0, 0.1) is 0 Å². The van der Waals surface area contributed by atoms with Gasteiger partial charge in [-0.15, -0.1) is 0 Å². The average Bonchev–Trinajstić information content (AvgIpc) is 2.02. The van der Waals surface area contributed by atoms with Crippen LogP contribution in [-0.2, 0) is 4.79 Å². The van der Waals surface area contributed by atoms with Crippen LogP contribution in [0.2, 0.25) is 0 Å². The van der Waals surface area contributed by atoms with Crippen molar-refractivity contribution in [1.29, 1.82) is 0 Å². The Labute approximate surface area is 69.5 Å². The molecule has 0 atom stereocenters. The van der Waals surface area contributed by atoms with Gasteiger partial charge < -0.3 is 5.73 Å². The van der Waals surface area contributed by atoms with E-state index in [0.29, 0.717) is 0 Å². The summed E-state index contributed by atoms with van der Waals surface area (Å²) in [7, 11) is 0. The minimum absolute atomic E-state index is 0.481. The quantitative estimate of drug-likeness (QED) is 0.493. The monoisotopic (exact) mass is 157 g/mol. The second-order valence-electron chi connectivity index (χ2n) is 2.31. The number of hydrogen-bond acceptors (Lipinski definition) is 1. The Hall–Kier alpha value is -0.790. The number of rotatable bonds is 4. The second kappa shape index (κ2) is 11.9. The lowest BCUT2D eigenvalue weighted by Gasteiger charge is -1.86. The van der Waals surface area contributed by atoms with E-state index >= 15 is 0 Å². The van der Waals surface area contributed by atoms with Crippen LogP contribution in [0.15, 0.2) is 12.7 Å². The fraction of sp³-hybridized carbons (Fsp3) is 0.667. The Kier molecular flexibility index (Phi) is 13.9. The van der Waals surface area contributed by atoms with Crippen LogP contribution in [0.4, 0.5) is 0 Å². The lowest BCUT2D eigenvalue weighted by molar-refractivity contribution is -0.113. The molecular weight excluding hydrogens is 138 g/mol. The van der Waals surface area contributed by atoms with E-state index in [1.165, 1.54) is 25.7 Å². The molecule has 0 spiro atoms. The third-order valence-corrected chi connectivity index (χ3v) is 1.16. The van der Waals surface area contributed by atoms with Crippen LogP contribution in [0.1, 0.15) is 39.5 Å². The largest absolute Gasteiger partial charge is 0.366 e. The van der Waals surface area contributed by atoms with Gasteiger partial charge in [-0.3, -0.25) is 4.79 Å². The van der Waals surface area contributed by atoms with Gasteiger partial charge in [-0.25, -0.2) is 0 Å². The SMILES string of the molecule is C=CC(N)=O.CCCCCC. The standard InChI is InChI=1S/C6H14.C3H5NO/c1-3-5-6-4-2;1-2-3(4)5/h3-6H2,1-2H3;2H,1H2,(H2,4,5). The molecular formula is C9H19NO. The van der Waals surface area contributed by atoms with Crippen molar-refractivity contribution in [3.8, 4) is 0 Å². The van der Waals surface area contributed by atoms with Gasteiger partial charge in [0.25, 0.3) is 0 Å². The second-order valence-corrected chi connectivity index (χ2v) is 2.31. The van der Waals surface area contributed by atoms with Crippen molar-refractivity contribution in [2.75, 3.05) is 0 Å². The Morgan fingerprint density at radius 3 is 1.73 bits per heavy atom. The van der Waals surface area contributed by atoms with Crippen molar-refractivity contribution in [3.05, 3.63) is 12.7 Å². The molecule has 1 amide bonds. The van der Waals surface area contributed by atoms with E-state index in [9.17, 15) is 4.79 Å². The Bertz CT molecular complexity index is 95.7. The number of primary amides is 1. The highest BCUT2D eigenvalue weighted by Crippen LogP contribution is 1.95. The Balaban J connectivity index is 0. The average molecular weight is 157 g/mol. The molecule has 0 aliphatic carbocycles. The van der Waals surface area contributed by atoms with Gasteiger partial charge in [-0.1, -0.05) is 46.1 Å². The van der Waals surface area contributed by atoms with E-state index in [1.54, 1.807) is 0 Å². The zero-order valence-electron chi connectivity index (χ0n) is 7.60. The molecule has 0 unspecified atom stereocenters. The first-order chi connectivity index (χ1) is 5.18. The first-order valence-electron chi connectivity index (χ1n) is 4.10. The molecule has 0 saturated heterocycles. The van der Waals surface area contributed by atoms with Crippen molar-refractivity contribution in [2.45, 2.75) is 39.5 Å². The Morgan fingerprint density at radius 2 is 1.64 bits per heavy atom. The van der Waals surface area contributed by atoms with E-state index < -0.39 is 5.91 Å². The van der Waals surface area contributed by atoms with Crippen LogP contribution in [0.3, 0.4) is 0 Å². The summed E-state index contributed by atoms with van der Waals surface area (Å²) in [5.74, 6) is -0.481. The van der Waals surface area contributed by atoms with Gasteiger partial charge in [0.1, 0.15) is 0 Å². The molecule has 0 saturated carbocycles. The number of unbranched alkanes of at least 4 members (excludes halogenated alkanes) is 3. The highest BCUT2D eigenvalue weighted by molar-refractivity contribution is 5.84. The number of carbonyl (C=O) groups excluding carboxylic acids is 1. The fourth-order valence-corrected chi connectivity index (χ4v) is 0.500. The zero-order valence-corrected chi connectivity index (χ0v) is 7.60. The first-order valence-corrected chi connectivity index (χ1v) is 4.10. The van der Waals surface area contributed by atoms with Gasteiger partial charge in [0.2, 0.25) is 5.91 Å². The molecule has 2 nitrogen and oxygen atoms in total. The summed E-state index contributed by atoms with van der Waals surface area (Å²) in [6.07, 6.45) is 6.59. The van der Waals surface area contributed by atoms with Gasteiger partial charge >= 0.3 is 0 Å². The summed E-state index contributed by atoms with van der Waals surface area (Å²) in [4.78, 5) is 9.47. The maximum Gasteiger partial charge on any atom is 0.240 e. The molecule has 0 bridgehead atoms. The highest BCUT2D eigenvalue weighted by Gasteiger charge is 1.75. The van der Waals surface area contributed by atoms with Crippen molar-refractivity contribution in [1.82, 2.24) is 0 Å². The summed E-state index contributed by atoms with van der Waals surface area (Å²) in [5.41, 5.74) is 4.53. The molecule has 2 N–H and O–H groups in total. The van der Waals surface area contributed by atoms with E-state index in [1.807, 2.05) is 0 Å². The van der Waals surface area contributed by atoms with Crippen LogP contribution in [0.5, 0.6) is 0 Å². The number of amides is 1. The molecule has 0 aromatic carbocycles. The molecule has 11 heavy (non-hydrogen) atoms. The van der Waals surface area contributed by atoms with E-state index in [-0.39, 0.29) is 0 Å². The van der Waals surface area contributed by atoms with Crippen LogP contribution < -0.4 is 5.73 Å². The topological polar surface area (TPSA) is 43.1 Å². The summed E-state index contributed by atoms with van der Waals surface area (Å²) in [5, 5.41) is 0. The van der Waals surface area contributed by atoms with Crippen LogP contribution in [0.25, 0.3) is 0 Å². The van der Waals surface area contributed by atoms with Gasteiger partial charge in [0, 0.05) is 0 Å². The summed E-state index contributed by atoms with van der Waals surface area (Å²) in [6, 6.07) is 0. The molecule has 0 fully saturated rings. The van der Waals surface area contributed by atoms with Crippen molar-refractivity contribution in [2.24, 2.45) is 5.73 Å². The molecule has 0 radical (unpaired) electrons. The van der Waals surface area contributed by atoms with Gasteiger partial charge in [-0.05, 0) is 6.08 Å². The normalized spacial score (nSPS) is 7.82. The predicted molar refractivity (Wildman–Crippen MR) is 49.2 cm³/mol. The van der Waals surface area contributed by atoms with Gasteiger partial charge in [-0.2, -0.15) is 0 Å². The van der Waals surface area contributed by atoms with E-state index in [0.717, 1.165) is 6.08 Å². The van der Waals surface area contributed by atoms with Crippen LogP contribution in [-0.4, -0.2) is 5.91 Å². The summed E-state index contributed by atoms with van der Waals surface area (Å²) < 4.78 is 0. The van der Waals surface area contributed by atoms with E-state index in [2.05, 4.69) is 26.2 Å². The fourth-order valence-electron chi connectivity index (χ4n) is 0.500. The molecule has 0 aromatic rings. The van der Waals surface area contributed by atoms with Gasteiger partial charge in [0.05, 0.1) is 0 Å². The Morgan fingerprint density at radius 1 is 1.36 bits per heavy atom. The predicted octanol–water partition coefficient (Wildman–Crippen LogP) is 2.24. The maximum absolute atomic E-state index is 9.47. The summed E-state index contributed by atoms with van der Waals surface area (Å²) in [6.45, 7) is 7.55. The molecule has 0 aliphatic rings. The minimum atomic E-state index is -0.481. The van der Waals surface area contributed by atoms with Crippen molar-refractivity contribution < 1.29 is 4.79 Å². The number of hydrogen-bond donors (Lipinski definition) is 1. The maximum atomic E-state index is 9.47. The molecule has 66 valence electrons. The number of carbonyl (C=O) groups is 1. The minimum Gasteiger partial charge on any atom is -0.366 e. The highest BCUT2D eigenvalue weighted by atomic mass is 16.1. The third kappa shape index (κ3) is 27.0. The van der Waals surface area contributed by atoms with Crippen molar-refractivity contribution in [3.63, 3.8) is 0 Å². The molecule has 0 aromatic heterocycles. The molecule has 0 heterocycles. The van der Waals surface area contributed by atoms with Crippen molar-refractivity contribution >= 4 is 5.91 Å². The number of nitrogens with two attached hydrogens (primary N) is 1. The molecule has 2 heteroatoms. The molecule has 0 aliphatic heterocycles. The summed E-state index contributed by atoms with van der Waals surface area (Å²) >= 11 is 0. The van der Waals surface area contributed by atoms with E-state index in [4.69, 9.17) is 0 Å². The zero-order chi connectivity index (χ0) is 9.11. The van der Waals surface area contributed by atoms with Crippen LogP contribution >= 0.6 is 0 Å². The lowest BCUT2D eigenvalue weighted by Crippen LogP contribution is -2.04.